The molecule has 0 atom stereocenters. The zero-order valence-electron chi connectivity index (χ0n) is 7.78. The summed E-state index contributed by atoms with van der Waals surface area (Å²) in [5.74, 6) is 0.0863. The van der Waals surface area contributed by atoms with Crippen molar-refractivity contribution in [1.29, 1.82) is 0 Å². The highest BCUT2D eigenvalue weighted by atomic mass is 16.2. The van der Waals surface area contributed by atoms with Crippen LogP contribution in [0.5, 0.6) is 0 Å². The quantitative estimate of drug-likeness (QED) is 0.700. The van der Waals surface area contributed by atoms with Gasteiger partial charge in [-0.2, -0.15) is 0 Å². The second kappa shape index (κ2) is 3.14. The van der Waals surface area contributed by atoms with Crippen LogP contribution >= 0.6 is 0 Å². The number of nitrogens with one attached hydrogen (secondary N) is 1. The zero-order chi connectivity index (χ0) is 10.1. The number of rotatable bonds is 2. The first-order valence-electron chi connectivity index (χ1n) is 4.32. The van der Waals surface area contributed by atoms with Crippen LogP contribution in [0.3, 0.4) is 0 Å². The highest BCUT2D eigenvalue weighted by molar-refractivity contribution is 6.01. The molecule has 0 bridgehead atoms. The minimum atomic E-state index is 0.0863. The van der Waals surface area contributed by atoms with Gasteiger partial charge in [-0.05, 0) is 17.7 Å². The lowest BCUT2D eigenvalue weighted by molar-refractivity contribution is -0.117. The van der Waals surface area contributed by atoms with Gasteiger partial charge in [-0.25, -0.2) is 0 Å². The molecular formula is C10H10N2O2. The molecule has 0 saturated heterocycles. The smallest absolute Gasteiger partial charge is 0.231 e. The lowest BCUT2D eigenvalue weighted by Gasteiger charge is -2.10. The molecule has 72 valence electrons. The van der Waals surface area contributed by atoms with E-state index in [0.29, 0.717) is 18.5 Å². The number of fused-ring (bicyclic) bond motifs is 1. The largest absolute Gasteiger partial charge is 0.329 e. The fraction of sp³-hybridized carbons (Fsp3) is 0.200. The summed E-state index contributed by atoms with van der Waals surface area (Å²) in [5, 5.41) is 2.55. The molecule has 0 radical (unpaired) electrons. The van der Waals surface area contributed by atoms with Crippen LogP contribution in [0.1, 0.15) is 5.56 Å². The SMILES string of the molecule is CN1C(=O)Cc2ccc(NC=O)cc21. The first kappa shape index (κ1) is 8.74. The number of likely N-dealkylation sites (N-methyl/N-ethyl adjacent to an activating group) is 1. The van der Waals surface area contributed by atoms with Gasteiger partial charge in [0.05, 0.1) is 6.42 Å². The van der Waals surface area contributed by atoms with Crippen molar-refractivity contribution in [2.24, 2.45) is 0 Å². The van der Waals surface area contributed by atoms with E-state index in [2.05, 4.69) is 5.32 Å². The molecule has 0 saturated carbocycles. The molecule has 4 heteroatoms. The molecule has 2 amide bonds. The second-order valence-electron chi connectivity index (χ2n) is 3.24. The third kappa shape index (κ3) is 1.25. The van der Waals surface area contributed by atoms with Gasteiger partial charge in [0.2, 0.25) is 12.3 Å². The fourth-order valence-electron chi connectivity index (χ4n) is 1.60. The third-order valence-corrected chi connectivity index (χ3v) is 2.39. The lowest BCUT2D eigenvalue weighted by atomic mass is 10.1. The Labute approximate surface area is 81.5 Å². The van der Waals surface area contributed by atoms with E-state index in [1.54, 1.807) is 24.1 Å². The van der Waals surface area contributed by atoms with E-state index in [0.717, 1.165) is 11.3 Å². The maximum atomic E-state index is 11.3. The monoisotopic (exact) mass is 190 g/mol. The van der Waals surface area contributed by atoms with Crippen molar-refractivity contribution in [1.82, 2.24) is 0 Å². The molecule has 2 rings (SSSR count). The van der Waals surface area contributed by atoms with E-state index in [1.165, 1.54) is 0 Å². The minimum absolute atomic E-state index is 0.0863. The highest BCUT2D eigenvalue weighted by Crippen LogP contribution is 2.29. The maximum Gasteiger partial charge on any atom is 0.231 e. The topological polar surface area (TPSA) is 49.4 Å². The molecule has 1 aromatic carbocycles. The molecule has 0 aliphatic carbocycles. The van der Waals surface area contributed by atoms with Crippen LogP contribution in [0.2, 0.25) is 0 Å². The summed E-state index contributed by atoms with van der Waals surface area (Å²) in [5.41, 5.74) is 2.59. The second-order valence-corrected chi connectivity index (χ2v) is 3.24. The first-order valence-corrected chi connectivity index (χ1v) is 4.32. The Balaban J connectivity index is 2.40. The van der Waals surface area contributed by atoms with Gasteiger partial charge < -0.3 is 10.2 Å². The molecule has 0 spiro atoms. The van der Waals surface area contributed by atoms with Crippen LogP contribution in [-0.2, 0) is 16.0 Å². The molecule has 1 N–H and O–H groups in total. The van der Waals surface area contributed by atoms with Crippen molar-refractivity contribution in [2.75, 3.05) is 17.3 Å². The zero-order valence-corrected chi connectivity index (χ0v) is 7.78. The van der Waals surface area contributed by atoms with Crippen LogP contribution < -0.4 is 10.2 Å². The molecule has 1 heterocycles. The van der Waals surface area contributed by atoms with Crippen molar-refractivity contribution in [2.45, 2.75) is 6.42 Å². The van der Waals surface area contributed by atoms with Crippen LogP contribution in [-0.4, -0.2) is 19.4 Å². The number of amides is 2. The predicted octanol–water partition coefficient (Wildman–Crippen LogP) is 0.774. The average Bonchev–Trinajstić information content (AvgIpc) is 2.45. The van der Waals surface area contributed by atoms with Crippen LogP contribution in [0.15, 0.2) is 18.2 Å². The summed E-state index contributed by atoms with van der Waals surface area (Å²) in [6.07, 6.45) is 1.08. The molecule has 0 unspecified atom stereocenters. The van der Waals surface area contributed by atoms with Crippen molar-refractivity contribution in [3.05, 3.63) is 23.8 Å². The molecule has 0 fully saturated rings. The summed E-state index contributed by atoms with van der Waals surface area (Å²) >= 11 is 0. The number of carbonyl (C=O) groups is 2. The Hall–Kier alpha value is -1.84. The van der Waals surface area contributed by atoms with Crippen molar-refractivity contribution < 1.29 is 9.59 Å². The highest BCUT2D eigenvalue weighted by Gasteiger charge is 2.23. The number of carbonyl (C=O) groups excluding carboxylic acids is 2. The average molecular weight is 190 g/mol. The summed E-state index contributed by atoms with van der Waals surface area (Å²) < 4.78 is 0. The Morgan fingerprint density at radius 3 is 3.00 bits per heavy atom. The normalized spacial score (nSPS) is 14.1. The minimum Gasteiger partial charge on any atom is -0.329 e. The standard InChI is InChI=1S/C10H10N2O2/c1-12-9-5-8(11-6-13)3-2-7(9)4-10(12)14/h2-3,5-6H,4H2,1H3,(H,11,13). The van der Waals surface area contributed by atoms with Crippen LogP contribution in [0.25, 0.3) is 0 Å². The Bertz CT molecular complexity index is 401. The van der Waals surface area contributed by atoms with Gasteiger partial charge in [-0.1, -0.05) is 6.07 Å². The summed E-state index contributed by atoms with van der Waals surface area (Å²) in [4.78, 5) is 23.2. The van der Waals surface area contributed by atoms with E-state index >= 15 is 0 Å². The number of hydrogen-bond acceptors (Lipinski definition) is 2. The maximum absolute atomic E-state index is 11.3. The van der Waals surface area contributed by atoms with Crippen molar-refractivity contribution >= 4 is 23.7 Å². The van der Waals surface area contributed by atoms with Gasteiger partial charge in [0.25, 0.3) is 0 Å². The Morgan fingerprint density at radius 1 is 1.50 bits per heavy atom. The van der Waals surface area contributed by atoms with E-state index in [1.807, 2.05) is 6.07 Å². The van der Waals surface area contributed by atoms with Crippen molar-refractivity contribution in [3.8, 4) is 0 Å². The van der Waals surface area contributed by atoms with E-state index in [4.69, 9.17) is 0 Å². The van der Waals surface area contributed by atoms with Gasteiger partial charge in [-0.3, -0.25) is 9.59 Å². The van der Waals surface area contributed by atoms with E-state index in [9.17, 15) is 9.59 Å². The molecule has 1 aromatic rings. The number of hydrogen-bond donors (Lipinski definition) is 1. The Kier molecular flexibility index (Phi) is 1.96. The van der Waals surface area contributed by atoms with Gasteiger partial charge in [0.1, 0.15) is 0 Å². The summed E-state index contributed by atoms with van der Waals surface area (Å²) in [6.45, 7) is 0. The van der Waals surface area contributed by atoms with Crippen LogP contribution in [0.4, 0.5) is 11.4 Å². The first-order chi connectivity index (χ1) is 6.72. The molecule has 1 aliphatic heterocycles. The van der Waals surface area contributed by atoms with Gasteiger partial charge in [-0.15, -0.1) is 0 Å². The fourth-order valence-corrected chi connectivity index (χ4v) is 1.60. The number of nitrogens with zero attached hydrogens (tertiary/aromatic N) is 1. The third-order valence-electron chi connectivity index (χ3n) is 2.39. The van der Waals surface area contributed by atoms with E-state index in [-0.39, 0.29) is 5.91 Å². The van der Waals surface area contributed by atoms with Gasteiger partial charge in [0, 0.05) is 18.4 Å². The summed E-state index contributed by atoms with van der Waals surface area (Å²) in [6, 6.07) is 5.46. The van der Waals surface area contributed by atoms with Gasteiger partial charge in [0.15, 0.2) is 0 Å². The molecular weight excluding hydrogens is 180 g/mol. The predicted molar refractivity (Wildman–Crippen MR) is 53.2 cm³/mol. The molecule has 0 aromatic heterocycles. The van der Waals surface area contributed by atoms with Crippen LogP contribution in [0, 0.1) is 0 Å². The van der Waals surface area contributed by atoms with Crippen molar-refractivity contribution in [3.63, 3.8) is 0 Å². The van der Waals surface area contributed by atoms with E-state index < -0.39 is 0 Å². The Morgan fingerprint density at radius 2 is 2.29 bits per heavy atom. The number of anilines is 2. The van der Waals surface area contributed by atoms with Gasteiger partial charge >= 0.3 is 0 Å². The number of benzene rings is 1. The molecule has 4 nitrogen and oxygen atoms in total. The molecule has 14 heavy (non-hydrogen) atoms. The summed E-state index contributed by atoms with van der Waals surface area (Å²) in [7, 11) is 1.73. The lowest BCUT2D eigenvalue weighted by Crippen LogP contribution is -2.20. The molecule has 1 aliphatic rings.